The van der Waals surface area contributed by atoms with Gasteiger partial charge in [-0.15, -0.1) is 0 Å². The molecule has 0 aliphatic heterocycles. The van der Waals surface area contributed by atoms with Gasteiger partial charge in [0.1, 0.15) is 24.4 Å². The second-order valence-electron chi connectivity index (χ2n) is 6.28. The summed E-state index contributed by atoms with van der Waals surface area (Å²) in [5.41, 5.74) is 3.03. The Labute approximate surface area is 154 Å². The van der Waals surface area contributed by atoms with Crippen molar-refractivity contribution >= 4 is 0 Å². The summed E-state index contributed by atoms with van der Waals surface area (Å²) in [5, 5.41) is 0. The predicted octanol–water partition coefficient (Wildman–Crippen LogP) is 4.17. The molecule has 5 heteroatoms. The molecule has 0 aliphatic rings. The van der Waals surface area contributed by atoms with Gasteiger partial charge in [-0.25, -0.2) is 4.98 Å². The first-order valence-corrected chi connectivity index (χ1v) is 8.61. The number of methoxy groups -OCH3 is 1. The van der Waals surface area contributed by atoms with E-state index in [0.717, 1.165) is 29.3 Å². The second-order valence-corrected chi connectivity index (χ2v) is 6.28. The van der Waals surface area contributed by atoms with Crippen LogP contribution in [0.1, 0.15) is 11.3 Å². The molecule has 1 aromatic heterocycles. The summed E-state index contributed by atoms with van der Waals surface area (Å²) in [6, 6.07) is 15.8. The summed E-state index contributed by atoms with van der Waals surface area (Å²) in [4.78, 5) is 6.72. The molecule has 0 fully saturated rings. The van der Waals surface area contributed by atoms with E-state index in [9.17, 15) is 0 Å². The van der Waals surface area contributed by atoms with Crippen LogP contribution in [-0.2, 0) is 6.54 Å². The molecule has 5 nitrogen and oxygen atoms in total. The number of rotatable bonds is 8. The minimum Gasteiger partial charge on any atom is -0.497 e. The van der Waals surface area contributed by atoms with Gasteiger partial charge < -0.3 is 13.9 Å². The van der Waals surface area contributed by atoms with Crippen LogP contribution < -0.4 is 9.47 Å². The maximum absolute atomic E-state index is 5.79. The van der Waals surface area contributed by atoms with E-state index in [1.165, 1.54) is 5.56 Å². The molecule has 0 saturated heterocycles. The van der Waals surface area contributed by atoms with Crippen molar-refractivity contribution in [3.05, 3.63) is 66.1 Å². The number of aromatic nitrogens is 1. The fraction of sp³-hybridized carbons (Fsp3) is 0.286. The molecule has 26 heavy (non-hydrogen) atoms. The minimum atomic E-state index is 0.618. The highest BCUT2D eigenvalue weighted by atomic mass is 16.5. The fourth-order valence-corrected chi connectivity index (χ4v) is 2.63. The van der Waals surface area contributed by atoms with Gasteiger partial charge in [-0.2, -0.15) is 0 Å². The van der Waals surface area contributed by atoms with Gasteiger partial charge in [0, 0.05) is 18.7 Å². The van der Waals surface area contributed by atoms with Gasteiger partial charge in [-0.3, -0.25) is 4.90 Å². The smallest absolute Gasteiger partial charge is 0.226 e. The van der Waals surface area contributed by atoms with Crippen molar-refractivity contribution in [1.29, 1.82) is 0 Å². The molecule has 0 N–H and O–H groups in total. The van der Waals surface area contributed by atoms with Crippen molar-refractivity contribution < 1.29 is 13.9 Å². The summed E-state index contributed by atoms with van der Waals surface area (Å²) in [6.45, 7) is 4.20. The molecule has 0 radical (unpaired) electrons. The number of hydrogen-bond acceptors (Lipinski definition) is 5. The largest absolute Gasteiger partial charge is 0.497 e. The zero-order valence-corrected chi connectivity index (χ0v) is 15.4. The molecular formula is C21H24N2O3. The average molecular weight is 352 g/mol. The Hall–Kier alpha value is -2.79. The molecule has 0 aliphatic carbocycles. The Balaban J connectivity index is 1.50. The Kier molecular flexibility index (Phi) is 5.92. The molecule has 0 bridgehead atoms. The summed E-state index contributed by atoms with van der Waals surface area (Å²) in [5.74, 6) is 2.34. The van der Waals surface area contributed by atoms with Crippen LogP contribution >= 0.6 is 0 Å². The third kappa shape index (κ3) is 4.86. The summed E-state index contributed by atoms with van der Waals surface area (Å²) >= 11 is 0. The van der Waals surface area contributed by atoms with Gasteiger partial charge in [-0.1, -0.05) is 12.1 Å². The molecule has 0 unspecified atom stereocenters. The molecular weight excluding hydrogens is 328 g/mol. The van der Waals surface area contributed by atoms with Gasteiger partial charge >= 0.3 is 0 Å². The van der Waals surface area contributed by atoms with Gasteiger partial charge in [0.25, 0.3) is 0 Å². The number of aryl methyl sites for hydroxylation is 1. The van der Waals surface area contributed by atoms with Crippen molar-refractivity contribution in [2.75, 3.05) is 27.3 Å². The van der Waals surface area contributed by atoms with E-state index in [1.807, 2.05) is 49.5 Å². The third-order valence-corrected chi connectivity index (χ3v) is 4.05. The molecule has 0 saturated carbocycles. The highest BCUT2D eigenvalue weighted by Gasteiger charge is 2.09. The molecule has 3 aromatic rings. The lowest BCUT2D eigenvalue weighted by atomic mass is 10.2. The fourth-order valence-electron chi connectivity index (χ4n) is 2.63. The minimum absolute atomic E-state index is 0.618. The molecule has 0 atom stereocenters. The Bertz CT molecular complexity index is 827. The van der Waals surface area contributed by atoms with E-state index in [1.54, 1.807) is 13.4 Å². The third-order valence-electron chi connectivity index (χ3n) is 4.05. The summed E-state index contributed by atoms with van der Waals surface area (Å²) in [6.07, 6.45) is 1.71. The van der Waals surface area contributed by atoms with Crippen LogP contribution in [0.3, 0.4) is 0 Å². The SMILES string of the molecule is COc1ccc(-c2nc(CN(C)CCOc3cccc(C)c3)co2)cc1. The maximum atomic E-state index is 5.79. The first kappa shape index (κ1) is 18.0. The maximum Gasteiger partial charge on any atom is 0.226 e. The Morgan fingerprint density at radius 1 is 1.08 bits per heavy atom. The van der Waals surface area contributed by atoms with Gasteiger partial charge in [0.15, 0.2) is 0 Å². The van der Waals surface area contributed by atoms with E-state index in [2.05, 4.69) is 22.9 Å². The lowest BCUT2D eigenvalue weighted by molar-refractivity contribution is 0.231. The van der Waals surface area contributed by atoms with Gasteiger partial charge in [0.05, 0.1) is 12.8 Å². The van der Waals surface area contributed by atoms with Crippen LogP contribution in [0.15, 0.2) is 59.2 Å². The van der Waals surface area contributed by atoms with Crippen LogP contribution in [-0.4, -0.2) is 37.2 Å². The number of nitrogens with zero attached hydrogens (tertiary/aromatic N) is 2. The van der Waals surface area contributed by atoms with Crippen molar-refractivity contribution in [3.8, 4) is 23.0 Å². The zero-order valence-electron chi connectivity index (χ0n) is 15.4. The highest BCUT2D eigenvalue weighted by Crippen LogP contribution is 2.22. The highest BCUT2D eigenvalue weighted by molar-refractivity contribution is 5.54. The van der Waals surface area contributed by atoms with Crippen molar-refractivity contribution in [3.63, 3.8) is 0 Å². The average Bonchev–Trinajstić information content (AvgIpc) is 3.10. The Morgan fingerprint density at radius 3 is 2.62 bits per heavy atom. The van der Waals surface area contributed by atoms with E-state index < -0.39 is 0 Å². The van der Waals surface area contributed by atoms with Crippen molar-refractivity contribution in [2.45, 2.75) is 13.5 Å². The van der Waals surface area contributed by atoms with Crippen molar-refractivity contribution in [2.24, 2.45) is 0 Å². The molecule has 1 heterocycles. The number of likely N-dealkylation sites (N-methyl/N-ethyl adjacent to an activating group) is 1. The Morgan fingerprint density at radius 2 is 1.88 bits per heavy atom. The number of benzene rings is 2. The lowest BCUT2D eigenvalue weighted by Crippen LogP contribution is -2.24. The number of ether oxygens (including phenoxy) is 2. The van der Waals surface area contributed by atoms with Gasteiger partial charge in [-0.05, 0) is 55.9 Å². The zero-order chi connectivity index (χ0) is 18.4. The van der Waals surface area contributed by atoms with Crippen molar-refractivity contribution in [1.82, 2.24) is 9.88 Å². The summed E-state index contributed by atoms with van der Waals surface area (Å²) in [7, 11) is 3.69. The normalized spacial score (nSPS) is 10.9. The molecule has 0 spiro atoms. The van der Waals surface area contributed by atoms with E-state index in [-0.39, 0.29) is 0 Å². The second kappa shape index (κ2) is 8.54. The van der Waals surface area contributed by atoms with E-state index in [0.29, 0.717) is 19.0 Å². The molecule has 0 amide bonds. The molecule has 3 rings (SSSR count). The monoisotopic (exact) mass is 352 g/mol. The van der Waals surface area contributed by atoms with Crippen LogP contribution in [0.2, 0.25) is 0 Å². The standard InChI is InChI=1S/C21H24N2O3/c1-16-5-4-6-20(13-16)25-12-11-23(2)14-18-15-26-21(22-18)17-7-9-19(24-3)10-8-17/h4-10,13,15H,11-12,14H2,1-3H3. The lowest BCUT2D eigenvalue weighted by Gasteiger charge is -2.15. The van der Waals surface area contributed by atoms with Gasteiger partial charge in [0.2, 0.25) is 5.89 Å². The van der Waals surface area contributed by atoms with Crippen LogP contribution in [0.5, 0.6) is 11.5 Å². The first-order valence-electron chi connectivity index (χ1n) is 8.61. The molecule has 136 valence electrons. The summed E-state index contributed by atoms with van der Waals surface area (Å²) < 4.78 is 16.6. The van der Waals surface area contributed by atoms with E-state index >= 15 is 0 Å². The van der Waals surface area contributed by atoms with Crippen LogP contribution in [0.4, 0.5) is 0 Å². The quantitative estimate of drug-likeness (QED) is 0.609. The first-order chi connectivity index (χ1) is 12.6. The topological polar surface area (TPSA) is 47.7 Å². The van der Waals surface area contributed by atoms with E-state index in [4.69, 9.17) is 13.9 Å². The van der Waals surface area contributed by atoms with Crippen LogP contribution in [0, 0.1) is 6.92 Å². The molecule has 2 aromatic carbocycles. The van der Waals surface area contributed by atoms with Crippen LogP contribution in [0.25, 0.3) is 11.5 Å². The number of oxazole rings is 1. The number of hydrogen-bond donors (Lipinski definition) is 0. The predicted molar refractivity (Wildman–Crippen MR) is 101 cm³/mol.